The molecule has 1 heterocycles. The van der Waals surface area contributed by atoms with E-state index in [9.17, 15) is 4.79 Å². The molecule has 20 heavy (non-hydrogen) atoms. The van der Waals surface area contributed by atoms with Crippen LogP contribution in [0.5, 0.6) is 5.75 Å². The number of ketones is 1. The molecule has 0 saturated carbocycles. The molecular formula is C18H18O2. The summed E-state index contributed by atoms with van der Waals surface area (Å²) in [4.78, 5) is 12.3. The molecule has 1 atom stereocenters. The van der Waals surface area contributed by atoms with Crippen LogP contribution in [0.25, 0.3) is 0 Å². The maximum Gasteiger partial charge on any atom is 0.170 e. The Labute approximate surface area is 119 Å². The van der Waals surface area contributed by atoms with E-state index in [1.807, 2.05) is 31.2 Å². The molecule has 0 bridgehead atoms. The van der Waals surface area contributed by atoms with Gasteiger partial charge in [0.2, 0.25) is 0 Å². The van der Waals surface area contributed by atoms with Crippen molar-refractivity contribution in [3.05, 3.63) is 64.2 Å². The van der Waals surface area contributed by atoms with Crippen LogP contribution in [-0.4, -0.2) is 5.78 Å². The Balaban J connectivity index is 2.03. The fraction of sp³-hybridized carbons (Fsp3) is 0.278. The van der Waals surface area contributed by atoms with Gasteiger partial charge < -0.3 is 4.74 Å². The normalized spacial score (nSPS) is 17.6. The van der Waals surface area contributed by atoms with Gasteiger partial charge in [-0.25, -0.2) is 0 Å². The molecule has 2 aromatic carbocycles. The van der Waals surface area contributed by atoms with Gasteiger partial charge in [0.1, 0.15) is 11.9 Å². The fourth-order valence-corrected chi connectivity index (χ4v) is 2.73. The van der Waals surface area contributed by atoms with Gasteiger partial charge in [-0.15, -0.1) is 0 Å². The average Bonchev–Trinajstić information content (AvgIpc) is 2.41. The summed E-state index contributed by atoms with van der Waals surface area (Å²) in [7, 11) is 0. The third-order valence-corrected chi connectivity index (χ3v) is 4.07. The minimum Gasteiger partial charge on any atom is -0.484 e. The Morgan fingerprint density at radius 3 is 2.70 bits per heavy atom. The van der Waals surface area contributed by atoms with E-state index in [2.05, 4.69) is 26.0 Å². The van der Waals surface area contributed by atoms with Crippen LogP contribution in [0.15, 0.2) is 36.4 Å². The molecule has 0 N–H and O–H groups in total. The number of aryl methyl sites for hydroxylation is 2. The van der Waals surface area contributed by atoms with Crippen molar-refractivity contribution in [1.29, 1.82) is 0 Å². The molecule has 0 aromatic heterocycles. The number of ether oxygens (including phenoxy) is 1. The van der Waals surface area contributed by atoms with Gasteiger partial charge in [-0.2, -0.15) is 0 Å². The molecule has 2 heteroatoms. The van der Waals surface area contributed by atoms with Gasteiger partial charge in [0, 0.05) is 0 Å². The molecule has 1 unspecified atom stereocenters. The van der Waals surface area contributed by atoms with Crippen LogP contribution in [0, 0.1) is 20.8 Å². The average molecular weight is 266 g/mol. The number of benzene rings is 2. The summed E-state index contributed by atoms with van der Waals surface area (Å²) in [5, 5.41) is 0. The largest absolute Gasteiger partial charge is 0.484 e. The highest BCUT2D eigenvalue weighted by molar-refractivity contribution is 6.00. The third-order valence-electron chi connectivity index (χ3n) is 4.07. The molecule has 1 aliphatic heterocycles. The van der Waals surface area contributed by atoms with Gasteiger partial charge in [-0.1, -0.05) is 24.3 Å². The molecule has 1 aliphatic rings. The van der Waals surface area contributed by atoms with E-state index in [1.54, 1.807) is 0 Å². The van der Waals surface area contributed by atoms with E-state index in [-0.39, 0.29) is 11.9 Å². The molecule has 0 saturated heterocycles. The van der Waals surface area contributed by atoms with Gasteiger partial charge in [-0.3, -0.25) is 4.79 Å². The first-order valence-electron chi connectivity index (χ1n) is 6.93. The van der Waals surface area contributed by atoms with Crippen LogP contribution in [0.1, 0.15) is 45.1 Å². The molecule has 0 radical (unpaired) electrons. The highest BCUT2D eigenvalue weighted by atomic mass is 16.5. The van der Waals surface area contributed by atoms with Gasteiger partial charge in [0.15, 0.2) is 5.78 Å². The topological polar surface area (TPSA) is 26.3 Å². The van der Waals surface area contributed by atoms with E-state index < -0.39 is 0 Å². The van der Waals surface area contributed by atoms with Crippen molar-refractivity contribution in [1.82, 2.24) is 0 Å². The molecular weight excluding hydrogens is 248 g/mol. The monoisotopic (exact) mass is 266 g/mol. The van der Waals surface area contributed by atoms with E-state index in [0.717, 1.165) is 11.1 Å². The van der Waals surface area contributed by atoms with Crippen LogP contribution < -0.4 is 4.74 Å². The lowest BCUT2D eigenvalue weighted by atomic mass is 9.92. The molecule has 0 aliphatic carbocycles. The number of hydrogen-bond acceptors (Lipinski definition) is 2. The summed E-state index contributed by atoms with van der Waals surface area (Å²) < 4.78 is 6.08. The van der Waals surface area contributed by atoms with Crippen LogP contribution in [0.3, 0.4) is 0 Å². The number of Topliss-reactive ketones (excluding diaryl/α,β-unsaturated/α-hetero) is 1. The number of carbonyl (C=O) groups excluding carboxylic acids is 1. The first kappa shape index (κ1) is 12.9. The quantitative estimate of drug-likeness (QED) is 0.768. The van der Waals surface area contributed by atoms with E-state index in [4.69, 9.17) is 4.74 Å². The van der Waals surface area contributed by atoms with Gasteiger partial charge in [-0.05, 0) is 55.2 Å². The van der Waals surface area contributed by atoms with E-state index >= 15 is 0 Å². The smallest absolute Gasteiger partial charge is 0.170 e. The van der Waals surface area contributed by atoms with Crippen molar-refractivity contribution >= 4 is 5.78 Å². The Morgan fingerprint density at radius 2 is 1.90 bits per heavy atom. The fourth-order valence-electron chi connectivity index (χ4n) is 2.73. The summed E-state index contributed by atoms with van der Waals surface area (Å²) in [6.07, 6.45) is 0.247. The highest BCUT2D eigenvalue weighted by Gasteiger charge is 2.28. The van der Waals surface area contributed by atoms with Crippen LogP contribution in [0.2, 0.25) is 0 Å². The second-order valence-corrected chi connectivity index (χ2v) is 5.52. The van der Waals surface area contributed by atoms with Crippen molar-refractivity contribution in [2.45, 2.75) is 33.3 Å². The lowest BCUT2D eigenvalue weighted by Gasteiger charge is -2.27. The maximum atomic E-state index is 12.3. The van der Waals surface area contributed by atoms with Crippen LogP contribution in [0.4, 0.5) is 0 Å². The first-order valence-corrected chi connectivity index (χ1v) is 6.93. The predicted molar refractivity (Wildman–Crippen MR) is 79.4 cm³/mol. The van der Waals surface area contributed by atoms with Crippen molar-refractivity contribution in [2.24, 2.45) is 0 Å². The molecule has 2 aromatic rings. The number of fused-ring (bicyclic) bond motifs is 1. The molecule has 102 valence electrons. The highest BCUT2D eigenvalue weighted by Crippen LogP contribution is 2.36. The van der Waals surface area contributed by atoms with Crippen LogP contribution >= 0.6 is 0 Å². The maximum absolute atomic E-state index is 12.3. The molecule has 0 amide bonds. The van der Waals surface area contributed by atoms with Crippen molar-refractivity contribution in [3.8, 4) is 5.75 Å². The summed E-state index contributed by atoms with van der Waals surface area (Å²) in [6.45, 7) is 6.18. The SMILES string of the molecule is Cc1ccc2c(c1)OC(c1cccc(C)c1C)CC2=O. The van der Waals surface area contributed by atoms with Crippen molar-refractivity contribution in [2.75, 3.05) is 0 Å². The Bertz CT molecular complexity index is 686. The molecule has 3 rings (SSSR count). The lowest BCUT2D eigenvalue weighted by Crippen LogP contribution is -2.21. The van der Waals surface area contributed by atoms with E-state index in [0.29, 0.717) is 17.7 Å². The predicted octanol–water partition coefficient (Wildman–Crippen LogP) is 4.32. The van der Waals surface area contributed by atoms with Gasteiger partial charge >= 0.3 is 0 Å². The summed E-state index contributed by atoms with van der Waals surface area (Å²) in [6, 6.07) is 11.9. The number of carbonyl (C=O) groups is 1. The molecule has 0 spiro atoms. The van der Waals surface area contributed by atoms with Crippen molar-refractivity contribution in [3.63, 3.8) is 0 Å². The zero-order chi connectivity index (χ0) is 14.3. The Hall–Kier alpha value is -2.09. The lowest BCUT2D eigenvalue weighted by molar-refractivity contribution is 0.0849. The summed E-state index contributed by atoms with van der Waals surface area (Å²) in [5.41, 5.74) is 5.37. The Kier molecular flexibility index (Phi) is 3.09. The zero-order valence-electron chi connectivity index (χ0n) is 12.1. The molecule has 0 fully saturated rings. The van der Waals surface area contributed by atoms with Gasteiger partial charge in [0.05, 0.1) is 12.0 Å². The second-order valence-electron chi connectivity index (χ2n) is 5.52. The standard InChI is InChI=1S/C18H18O2/c1-11-7-8-15-16(19)10-18(20-17(15)9-11)14-6-4-5-12(2)13(14)3/h4-9,18H,10H2,1-3H3. The second kappa shape index (κ2) is 4.78. The Morgan fingerprint density at radius 1 is 1.10 bits per heavy atom. The molecule has 2 nitrogen and oxygen atoms in total. The zero-order valence-corrected chi connectivity index (χ0v) is 12.1. The number of hydrogen-bond donors (Lipinski definition) is 0. The minimum atomic E-state index is -0.170. The van der Waals surface area contributed by atoms with Gasteiger partial charge in [0.25, 0.3) is 0 Å². The van der Waals surface area contributed by atoms with E-state index in [1.165, 1.54) is 11.1 Å². The summed E-state index contributed by atoms with van der Waals surface area (Å²) in [5.74, 6) is 0.879. The minimum absolute atomic E-state index is 0.164. The van der Waals surface area contributed by atoms with Crippen molar-refractivity contribution < 1.29 is 9.53 Å². The summed E-state index contributed by atoms with van der Waals surface area (Å²) >= 11 is 0. The van der Waals surface area contributed by atoms with Crippen LogP contribution in [-0.2, 0) is 0 Å². The first-order chi connectivity index (χ1) is 9.56. The third kappa shape index (κ3) is 2.11. The number of rotatable bonds is 1.